The monoisotopic (exact) mass is 283 g/mol. The van der Waals surface area contributed by atoms with Gasteiger partial charge < -0.3 is 15.2 Å². The van der Waals surface area contributed by atoms with E-state index < -0.39 is 5.54 Å². The van der Waals surface area contributed by atoms with E-state index in [2.05, 4.69) is 31.3 Å². The van der Waals surface area contributed by atoms with Crippen LogP contribution in [0.1, 0.15) is 18.1 Å². The minimum Gasteiger partial charge on any atom is -0.493 e. The number of hydrogen-bond donors (Lipinski definition) is 2. The van der Waals surface area contributed by atoms with E-state index in [0.717, 1.165) is 17.0 Å². The maximum atomic E-state index is 10.2. The van der Waals surface area contributed by atoms with Crippen LogP contribution in [-0.2, 0) is 5.54 Å². The van der Waals surface area contributed by atoms with Crippen LogP contribution >= 0.6 is 0 Å². The SMILES string of the molecule is Cc1ccccc1NC1(CO)c2ccccc2OCC1C. The zero-order valence-corrected chi connectivity index (χ0v) is 12.5. The summed E-state index contributed by atoms with van der Waals surface area (Å²) in [5.74, 6) is 1.02. The van der Waals surface area contributed by atoms with E-state index in [0.29, 0.717) is 6.61 Å². The van der Waals surface area contributed by atoms with Crippen LogP contribution in [-0.4, -0.2) is 18.3 Å². The Labute approximate surface area is 125 Å². The Morgan fingerprint density at radius 1 is 1.19 bits per heavy atom. The number of aliphatic hydroxyl groups is 1. The molecule has 2 aromatic carbocycles. The van der Waals surface area contributed by atoms with E-state index in [1.165, 1.54) is 5.56 Å². The lowest BCUT2D eigenvalue weighted by Gasteiger charge is -2.44. The Kier molecular flexibility index (Phi) is 3.60. The highest BCUT2D eigenvalue weighted by Gasteiger charge is 2.43. The number of anilines is 1. The number of aliphatic hydroxyl groups excluding tert-OH is 1. The van der Waals surface area contributed by atoms with Gasteiger partial charge in [0.25, 0.3) is 0 Å². The first-order valence-electron chi connectivity index (χ1n) is 7.34. The summed E-state index contributed by atoms with van der Waals surface area (Å²) >= 11 is 0. The van der Waals surface area contributed by atoms with Crippen molar-refractivity contribution in [2.75, 3.05) is 18.5 Å². The van der Waals surface area contributed by atoms with Gasteiger partial charge in [-0.25, -0.2) is 0 Å². The molecule has 0 fully saturated rings. The fraction of sp³-hybridized carbons (Fsp3) is 0.333. The van der Waals surface area contributed by atoms with Crippen LogP contribution in [0.5, 0.6) is 5.75 Å². The molecule has 0 aromatic heterocycles. The number of nitrogens with one attached hydrogen (secondary N) is 1. The van der Waals surface area contributed by atoms with E-state index >= 15 is 0 Å². The Morgan fingerprint density at radius 3 is 2.67 bits per heavy atom. The lowest BCUT2D eigenvalue weighted by Crippen LogP contribution is -2.50. The summed E-state index contributed by atoms with van der Waals surface area (Å²) in [5.41, 5.74) is 2.73. The van der Waals surface area contributed by atoms with E-state index in [1.54, 1.807) is 0 Å². The fourth-order valence-corrected chi connectivity index (χ4v) is 3.01. The molecule has 3 rings (SSSR count). The largest absolute Gasteiger partial charge is 0.493 e. The van der Waals surface area contributed by atoms with Gasteiger partial charge in [-0.3, -0.25) is 0 Å². The molecule has 1 heterocycles. The summed E-state index contributed by atoms with van der Waals surface area (Å²) in [5, 5.41) is 13.8. The second kappa shape index (κ2) is 5.41. The summed E-state index contributed by atoms with van der Waals surface area (Å²) in [6, 6.07) is 16.1. The lowest BCUT2D eigenvalue weighted by atomic mass is 9.77. The van der Waals surface area contributed by atoms with Gasteiger partial charge in [0, 0.05) is 17.2 Å². The molecule has 1 aliphatic rings. The van der Waals surface area contributed by atoms with Crippen molar-refractivity contribution in [2.24, 2.45) is 5.92 Å². The fourth-order valence-electron chi connectivity index (χ4n) is 3.01. The molecule has 0 aliphatic carbocycles. The first-order chi connectivity index (χ1) is 10.2. The molecule has 3 nitrogen and oxygen atoms in total. The van der Waals surface area contributed by atoms with Crippen LogP contribution in [0.15, 0.2) is 48.5 Å². The van der Waals surface area contributed by atoms with Crippen LogP contribution < -0.4 is 10.1 Å². The third-order valence-corrected chi connectivity index (χ3v) is 4.45. The first-order valence-corrected chi connectivity index (χ1v) is 7.34. The van der Waals surface area contributed by atoms with Gasteiger partial charge in [0.15, 0.2) is 0 Å². The molecule has 110 valence electrons. The molecular weight excluding hydrogens is 262 g/mol. The second-order valence-corrected chi connectivity index (χ2v) is 5.78. The molecule has 21 heavy (non-hydrogen) atoms. The second-order valence-electron chi connectivity index (χ2n) is 5.78. The number of rotatable bonds is 3. The van der Waals surface area contributed by atoms with Crippen molar-refractivity contribution < 1.29 is 9.84 Å². The molecule has 2 aromatic rings. The minimum atomic E-state index is -0.513. The van der Waals surface area contributed by atoms with Gasteiger partial charge in [-0.15, -0.1) is 0 Å². The third kappa shape index (κ3) is 2.28. The third-order valence-electron chi connectivity index (χ3n) is 4.45. The standard InChI is InChI=1S/C18H21NO2/c1-13-7-3-5-9-16(13)19-18(12-20)14(2)11-21-17-10-6-4-8-15(17)18/h3-10,14,19-20H,11-12H2,1-2H3. The summed E-state index contributed by atoms with van der Waals surface area (Å²) in [6.45, 7) is 4.81. The van der Waals surface area contributed by atoms with Gasteiger partial charge in [-0.2, -0.15) is 0 Å². The maximum Gasteiger partial charge on any atom is 0.124 e. The van der Waals surface area contributed by atoms with Crippen LogP contribution in [0.3, 0.4) is 0 Å². The van der Waals surface area contributed by atoms with Crippen LogP contribution in [0, 0.1) is 12.8 Å². The van der Waals surface area contributed by atoms with Crippen molar-refractivity contribution >= 4 is 5.69 Å². The van der Waals surface area contributed by atoms with Crippen molar-refractivity contribution in [1.29, 1.82) is 0 Å². The van der Waals surface area contributed by atoms with Crippen molar-refractivity contribution in [3.8, 4) is 5.75 Å². The summed E-state index contributed by atoms with van der Waals surface area (Å²) in [4.78, 5) is 0. The molecule has 2 unspecified atom stereocenters. The van der Waals surface area contributed by atoms with Gasteiger partial charge in [0.1, 0.15) is 5.75 Å². The van der Waals surface area contributed by atoms with Crippen LogP contribution in [0.25, 0.3) is 0 Å². The Balaban J connectivity index is 2.09. The molecule has 2 atom stereocenters. The van der Waals surface area contributed by atoms with Gasteiger partial charge >= 0.3 is 0 Å². The summed E-state index contributed by atoms with van der Waals surface area (Å²) < 4.78 is 5.81. The van der Waals surface area contributed by atoms with Gasteiger partial charge in [-0.1, -0.05) is 43.3 Å². The van der Waals surface area contributed by atoms with Crippen molar-refractivity contribution in [2.45, 2.75) is 19.4 Å². The predicted octanol–water partition coefficient (Wildman–Crippen LogP) is 3.32. The number of fused-ring (bicyclic) bond motifs is 1. The molecule has 0 radical (unpaired) electrons. The molecule has 0 amide bonds. The number of hydrogen-bond acceptors (Lipinski definition) is 3. The predicted molar refractivity (Wildman–Crippen MR) is 84.7 cm³/mol. The number of benzene rings is 2. The molecule has 0 saturated carbocycles. The van der Waals surface area contributed by atoms with E-state index in [9.17, 15) is 5.11 Å². The van der Waals surface area contributed by atoms with Gasteiger partial charge in [0.05, 0.1) is 18.8 Å². The van der Waals surface area contributed by atoms with Crippen molar-refractivity contribution in [3.05, 3.63) is 59.7 Å². The summed E-state index contributed by atoms with van der Waals surface area (Å²) in [7, 11) is 0. The van der Waals surface area contributed by atoms with E-state index in [-0.39, 0.29) is 12.5 Å². The molecule has 2 N–H and O–H groups in total. The Morgan fingerprint density at radius 2 is 1.90 bits per heavy atom. The first kappa shape index (κ1) is 14.0. The van der Waals surface area contributed by atoms with E-state index in [1.807, 2.05) is 36.4 Å². The molecule has 0 spiro atoms. The van der Waals surface area contributed by atoms with Gasteiger partial charge in [0.2, 0.25) is 0 Å². The highest BCUT2D eigenvalue weighted by Crippen LogP contribution is 2.42. The van der Waals surface area contributed by atoms with Crippen molar-refractivity contribution in [1.82, 2.24) is 0 Å². The summed E-state index contributed by atoms with van der Waals surface area (Å²) in [6.07, 6.45) is 0. The molecule has 0 bridgehead atoms. The van der Waals surface area contributed by atoms with Crippen LogP contribution in [0.2, 0.25) is 0 Å². The van der Waals surface area contributed by atoms with E-state index in [4.69, 9.17) is 4.74 Å². The smallest absolute Gasteiger partial charge is 0.124 e. The number of aryl methyl sites for hydroxylation is 1. The number of para-hydroxylation sites is 2. The topological polar surface area (TPSA) is 41.5 Å². The normalized spacial score (nSPS) is 24.0. The Hall–Kier alpha value is -2.00. The molecule has 1 aliphatic heterocycles. The molecule has 0 saturated heterocycles. The molecule has 3 heteroatoms. The quantitative estimate of drug-likeness (QED) is 0.908. The average Bonchev–Trinajstić information content (AvgIpc) is 2.52. The zero-order chi connectivity index (χ0) is 14.9. The lowest BCUT2D eigenvalue weighted by molar-refractivity contribution is 0.0995. The maximum absolute atomic E-state index is 10.2. The zero-order valence-electron chi connectivity index (χ0n) is 12.5. The number of ether oxygens (including phenoxy) is 1. The highest BCUT2D eigenvalue weighted by atomic mass is 16.5. The van der Waals surface area contributed by atoms with Gasteiger partial charge in [-0.05, 0) is 24.6 Å². The van der Waals surface area contributed by atoms with Crippen molar-refractivity contribution in [3.63, 3.8) is 0 Å². The average molecular weight is 283 g/mol. The highest BCUT2D eigenvalue weighted by molar-refractivity contribution is 5.56. The van der Waals surface area contributed by atoms with Crippen LogP contribution in [0.4, 0.5) is 5.69 Å². The molecular formula is C18H21NO2. The minimum absolute atomic E-state index is 0.0306. The Bertz CT molecular complexity index is 641.